The Balaban J connectivity index is 1.77. The fourth-order valence-corrected chi connectivity index (χ4v) is 3.31. The van der Waals surface area contributed by atoms with E-state index in [0.29, 0.717) is 16.2 Å². The molecule has 0 aliphatic heterocycles. The first-order valence-electron chi connectivity index (χ1n) is 8.15. The quantitative estimate of drug-likeness (QED) is 0.217. The van der Waals surface area contributed by atoms with Crippen molar-refractivity contribution in [3.63, 3.8) is 0 Å². The second kappa shape index (κ2) is 6.74. The van der Waals surface area contributed by atoms with Crippen LogP contribution < -0.4 is 4.74 Å². The molecule has 0 saturated carbocycles. The Hall–Kier alpha value is -3.38. The van der Waals surface area contributed by atoms with E-state index in [1.807, 2.05) is 24.3 Å². The van der Waals surface area contributed by atoms with Gasteiger partial charge in [-0.15, -0.1) is 0 Å². The molecule has 0 radical (unpaired) electrons. The van der Waals surface area contributed by atoms with Gasteiger partial charge >= 0.3 is 5.97 Å². The van der Waals surface area contributed by atoms with Gasteiger partial charge < -0.3 is 9.30 Å². The minimum atomic E-state index is -0.482. The molecule has 134 valence electrons. The third-order valence-corrected chi connectivity index (χ3v) is 4.63. The summed E-state index contributed by atoms with van der Waals surface area (Å²) in [5.74, 6) is -0.190. The maximum Gasteiger partial charge on any atom is 0.331 e. The van der Waals surface area contributed by atoms with Crippen LogP contribution in [-0.4, -0.2) is 15.5 Å². The Bertz CT molecular complexity index is 1200. The van der Waals surface area contributed by atoms with E-state index in [0.717, 1.165) is 16.4 Å². The van der Waals surface area contributed by atoms with Gasteiger partial charge in [0.15, 0.2) is 0 Å². The minimum Gasteiger partial charge on any atom is -0.424 e. The average molecular weight is 381 g/mol. The maximum absolute atomic E-state index is 12.5. The van der Waals surface area contributed by atoms with Crippen LogP contribution in [0.15, 0.2) is 66.7 Å². The van der Waals surface area contributed by atoms with Gasteiger partial charge in [-0.25, -0.2) is 4.79 Å². The van der Waals surface area contributed by atoms with Gasteiger partial charge in [0.25, 0.3) is 5.69 Å². The number of fused-ring (bicyclic) bond motifs is 3. The van der Waals surface area contributed by atoms with E-state index in [1.165, 1.54) is 12.1 Å². The van der Waals surface area contributed by atoms with Crippen molar-refractivity contribution in [2.75, 3.05) is 0 Å². The number of hydrogen-bond donors (Lipinski definition) is 0. The highest BCUT2D eigenvalue weighted by Gasteiger charge is 2.17. The lowest BCUT2D eigenvalue weighted by atomic mass is 10.1. The van der Waals surface area contributed by atoms with Crippen LogP contribution >= 0.6 is 11.6 Å². The molecule has 7 heteroatoms. The summed E-state index contributed by atoms with van der Waals surface area (Å²) in [5.41, 5.74) is 1.52. The van der Waals surface area contributed by atoms with Gasteiger partial charge in [0.05, 0.1) is 15.5 Å². The van der Waals surface area contributed by atoms with E-state index < -0.39 is 10.9 Å². The Kier molecular flexibility index (Phi) is 4.25. The molecule has 0 unspecified atom stereocenters. The zero-order valence-corrected chi connectivity index (χ0v) is 14.7. The lowest BCUT2D eigenvalue weighted by Gasteiger charge is -2.09. The SMILES string of the molecule is O=C(Cn1c2ccccc2c2cc([N+](=O)[O-])ccc21)Oc1ccccc1Cl. The number of rotatable bonds is 4. The number of benzene rings is 3. The number of non-ortho nitro benzene ring substituents is 1. The van der Waals surface area contributed by atoms with Gasteiger partial charge in [-0.1, -0.05) is 41.9 Å². The summed E-state index contributed by atoms with van der Waals surface area (Å²) >= 11 is 6.04. The van der Waals surface area contributed by atoms with Crippen LogP contribution in [0.25, 0.3) is 21.8 Å². The van der Waals surface area contributed by atoms with E-state index in [2.05, 4.69) is 0 Å². The molecule has 27 heavy (non-hydrogen) atoms. The summed E-state index contributed by atoms with van der Waals surface area (Å²) in [4.78, 5) is 23.2. The average Bonchev–Trinajstić information content (AvgIpc) is 2.97. The van der Waals surface area contributed by atoms with E-state index in [9.17, 15) is 14.9 Å². The Morgan fingerprint density at radius 1 is 1.00 bits per heavy atom. The number of aromatic nitrogens is 1. The van der Waals surface area contributed by atoms with Crippen molar-refractivity contribution < 1.29 is 14.5 Å². The van der Waals surface area contributed by atoms with Crippen LogP contribution in [0.5, 0.6) is 5.75 Å². The number of para-hydroxylation sites is 2. The number of carbonyl (C=O) groups is 1. The van der Waals surface area contributed by atoms with E-state index in [-0.39, 0.29) is 12.2 Å². The number of halogens is 1. The van der Waals surface area contributed by atoms with Crippen LogP contribution in [0.3, 0.4) is 0 Å². The monoisotopic (exact) mass is 380 g/mol. The van der Waals surface area contributed by atoms with Crippen molar-refractivity contribution >= 4 is 45.1 Å². The van der Waals surface area contributed by atoms with Gasteiger partial charge in [0, 0.05) is 28.4 Å². The lowest BCUT2D eigenvalue weighted by Crippen LogP contribution is -2.16. The van der Waals surface area contributed by atoms with Crippen molar-refractivity contribution in [3.8, 4) is 5.75 Å². The fraction of sp³-hybridized carbons (Fsp3) is 0.0500. The third kappa shape index (κ3) is 3.11. The Labute approximate surface area is 158 Å². The predicted molar refractivity (Wildman–Crippen MR) is 103 cm³/mol. The highest BCUT2D eigenvalue weighted by atomic mass is 35.5. The van der Waals surface area contributed by atoms with Crippen molar-refractivity contribution in [2.24, 2.45) is 0 Å². The number of carbonyl (C=O) groups excluding carboxylic acids is 1. The molecule has 0 atom stereocenters. The largest absolute Gasteiger partial charge is 0.424 e. The fourth-order valence-electron chi connectivity index (χ4n) is 3.14. The zero-order chi connectivity index (χ0) is 19.0. The normalized spacial score (nSPS) is 11.0. The molecule has 0 saturated heterocycles. The molecular formula is C20H13ClN2O4. The van der Waals surface area contributed by atoms with Gasteiger partial charge in [0.1, 0.15) is 12.3 Å². The van der Waals surface area contributed by atoms with Gasteiger partial charge in [-0.3, -0.25) is 10.1 Å². The number of nitro benzene ring substituents is 1. The van der Waals surface area contributed by atoms with Crippen LogP contribution in [-0.2, 0) is 11.3 Å². The number of esters is 1. The van der Waals surface area contributed by atoms with E-state index >= 15 is 0 Å². The maximum atomic E-state index is 12.5. The summed E-state index contributed by atoms with van der Waals surface area (Å²) in [6.07, 6.45) is 0. The molecule has 0 aliphatic carbocycles. The summed E-state index contributed by atoms with van der Waals surface area (Å²) < 4.78 is 7.16. The molecule has 0 N–H and O–H groups in total. The van der Waals surface area contributed by atoms with Gasteiger partial charge in [0.2, 0.25) is 0 Å². The predicted octanol–water partition coefficient (Wildman–Crippen LogP) is 4.96. The van der Waals surface area contributed by atoms with Crippen LogP contribution in [0.2, 0.25) is 5.02 Å². The summed E-state index contributed by atoms with van der Waals surface area (Å²) in [7, 11) is 0. The minimum absolute atomic E-state index is 0.00375. The Morgan fingerprint density at radius 2 is 1.70 bits per heavy atom. The Morgan fingerprint density at radius 3 is 2.48 bits per heavy atom. The molecule has 0 fully saturated rings. The second-order valence-corrected chi connectivity index (χ2v) is 6.37. The van der Waals surface area contributed by atoms with Gasteiger partial charge in [-0.2, -0.15) is 0 Å². The van der Waals surface area contributed by atoms with Crippen LogP contribution in [0, 0.1) is 10.1 Å². The van der Waals surface area contributed by atoms with Crippen molar-refractivity contribution in [1.29, 1.82) is 0 Å². The molecule has 4 rings (SSSR count). The first-order valence-corrected chi connectivity index (χ1v) is 8.53. The van der Waals surface area contributed by atoms with E-state index in [1.54, 1.807) is 34.9 Å². The molecule has 4 aromatic rings. The summed E-state index contributed by atoms with van der Waals surface area (Å²) in [6.45, 7) is -0.0486. The highest BCUT2D eigenvalue weighted by Crippen LogP contribution is 2.32. The molecular weight excluding hydrogens is 368 g/mol. The third-order valence-electron chi connectivity index (χ3n) is 4.31. The number of hydrogen-bond acceptors (Lipinski definition) is 4. The number of ether oxygens (including phenoxy) is 1. The van der Waals surface area contributed by atoms with Crippen molar-refractivity contribution in [2.45, 2.75) is 6.54 Å². The highest BCUT2D eigenvalue weighted by molar-refractivity contribution is 6.32. The van der Waals surface area contributed by atoms with Crippen LogP contribution in [0.1, 0.15) is 0 Å². The van der Waals surface area contributed by atoms with E-state index in [4.69, 9.17) is 16.3 Å². The topological polar surface area (TPSA) is 74.4 Å². The first-order chi connectivity index (χ1) is 13.0. The molecule has 1 aromatic heterocycles. The number of nitro groups is 1. The molecule has 0 aliphatic rings. The van der Waals surface area contributed by atoms with Crippen LogP contribution in [0.4, 0.5) is 5.69 Å². The standard InChI is InChI=1S/C20H13ClN2O4/c21-16-6-2-4-8-19(16)27-20(24)12-22-17-7-3-1-5-14(17)15-11-13(23(25)26)9-10-18(15)22/h1-11H,12H2. The van der Waals surface area contributed by atoms with Crippen molar-refractivity contribution in [1.82, 2.24) is 4.57 Å². The molecule has 0 bridgehead atoms. The van der Waals surface area contributed by atoms with Crippen molar-refractivity contribution in [3.05, 3.63) is 81.9 Å². The molecule has 6 nitrogen and oxygen atoms in total. The molecule has 3 aromatic carbocycles. The molecule has 0 amide bonds. The smallest absolute Gasteiger partial charge is 0.331 e. The molecule has 1 heterocycles. The summed E-state index contributed by atoms with van der Waals surface area (Å²) in [5, 5.41) is 13.0. The second-order valence-electron chi connectivity index (χ2n) is 5.97. The lowest BCUT2D eigenvalue weighted by molar-refractivity contribution is -0.384. The summed E-state index contributed by atoms with van der Waals surface area (Å²) in [6, 6.07) is 18.8. The molecule has 0 spiro atoms. The number of nitrogens with zero attached hydrogens (tertiary/aromatic N) is 2. The zero-order valence-electron chi connectivity index (χ0n) is 14.0. The first kappa shape index (κ1) is 17.1. The van der Waals surface area contributed by atoms with Gasteiger partial charge in [-0.05, 0) is 24.3 Å².